The van der Waals surface area contributed by atoms with Crippen molar-refractivity contribution in [1.29, 1.82) is 0 Å². The number of hydrogen-bond donors (Lipinski definition) is 1. The molecule has 1 N–H and O–H groups in total. The van der Waals surface area contributed by atoms with Crippen LogP contribution in [0.4, 0.5) is 5.69 Å². The summed E-state index contributed by atoms with van der Waals surface area (Å²) >= 11 is 3.80. The van der Waals surface area contributed by atoms with Crippen LogP contribution in [0.3, 0.4) is 0 Å². The van der Waals surface area contributed by atoms with Gasteiger partial charge in [-0.05, 0) is 59.3 Å². The molecule has 0 aliphatic rings. The molecule has 0 radical (unpaired) electrons. The third-order valence-corrected chi connectivity index (χ3v) is 4.41. The highest BCUT2D eigenvalue weighted by Crippen LogP contribution is 2.22. The Labute approximate surface area is 131 Å². The predicted molar refractivity (Wildman–Crippen MR) is 89.7 cm³/mol. The molecule has 0 aromatic heterocycles. The van der Waals surface area contributed by atoms with E-state index in [2.05, 4.69) is 40.9 Å². The number of anilines is 1. The average molecular weight is 383 g/mol. The molecule has 2 rings (SSSR count). The summed E-state index contributed by atoms with van der Waals surface area (Å²) in [5, 5.41) is 2.91. The molecule has 4 heteroatoms. The van der Waals surface area contributed by atoms with Crippen molar-refractivity contribution < 1.29 is 4.79 Å². The Bertz CT molecular complexity index is 586. The maximum absolute atomic E-state index is 11.9. The first kappa shape index (κ1) is 14.4. The third-order valence-electron chi connectivity index (χ3n) is 2.56. The van der Waals surface area contributed by atoms with Crippen molar-refractivity contribution in [1.82, 2.24) is 0 Å². The van der Waals surface area contributed by atoms with Gasteiger partial charge in [0.2, 0.25) is 5.91 Å². The van der Waals surface area contributed by atoms with Crippen molar-refractivity contribution in [3.05, 3.63) is 57.7 Å². The van der Waals surface area contributed by atoms with Crippen LogP contribution in [0.5, 0.6) is 0 Å². The summed E-state index contributed by atoms with van der Waals surface area (Å²) in [7, 11) is 0. The van der Waals surface area contributed by atoms with Crippen LogP contribution in [0.2, 0.25) is 0 Å². The van der Waals surface area contributed by atoms with Gasteiger partial charge in [-0.1, -0.05) is 24.3 Å². The molecule has 0 spiro atoms. The van der Waals surface area contributed by atoms with E-state index in [1.54, 1.807) is 11.8 Å². The molecule has 0 saturated carbocycles. The van der Waals surface area contributed by atoms with Crippen molar-refractivity contribution in [2.75, 3.05) is 11.1 Å². The molecular formula is C15H14INOS. The minimum absolute atomic E-state index is 0.0234. The molecular weight excluding hydrogens is 369 g/mol. The Morgan fingerprint density at radius 1 is 1.21 bits per heavy atom. The molecule has 0 atom stereocenters. The summed E-state index contributed by atoms with van der Waals surface area (Å²) < 4.78 is 1.11. The number of hydrogen-bond acceptors (Lipinski definition) is 2. The second kappa shape index (κ2) is 6.96. The molecule has 1 amide bonds. The van der Waals surface area contributed by atoms with Crippen LogP contribution in [0.15, 0.2) is 53.4 Å². The van der Waals surface area contributed by atoms with Gasteiger partial charge >= 0.3 is 0 Å². The molecule has 0 unspecified atom stereocenters. The number of carbonyl (C=O) groups excluding carboxylic acids is 1. The van der Waals surface area contributed by atoms with E-state index in [4.69, 9.17) is 0 Å². The van der Waals surface area contributed by atoms with Crippen LogP contribution < -0.4 is 5.32 Å². The monoisotopic (exact) mass is 383 g/mol. The first-order valence-corrected chi connectivity index (χ1v) is 7.95. The van der Waals surface area contributed by atoms with E-state index in [0.717, 1.165) is 14.2 Å². The fraction of sp³-hybridized carbons (Fsp3) is 0.133. The third kappa shape index (κ3) is 4.54. The zero-order chi connectivity index (χ0) is 13.7. The molecule has 98 valence electrons. The highest BCUT2D eigenvalue weighted by Gasteiger charge is 2.05. The lowest BCUT2D eigenvalue weighted by atomic mass is 10.2. The standard InChI is InChI=1S/C15H14INOS/c1-11-5-2-3-8-14(11)19-10-15(18)17-13-7-4-6-12(16)9-13/h2-9H,10H2,1H3,(H,17,18). The Morgan fingerprint density at radius 2 is 2.00 bits per heavy atom. The van der Waals surface area contributed by atoms with Gasteiger partial charge in [0.05, 0.1) is 5.75 Å². The average Bonchev–Trinajstić information content (AvgIpc) is 2.38. The zero-order valence-electron chi connectivity index (χ0n) is 10.5. The highest BCUT2D eigenvalue weighted by atomic mass is 127. The van der Waals surface area contributed by atoms with E-state index in [9.17, 15) is 4.79 Å². The second-order valence-electron chi connectivity index (χ2n) is 4.11. The number of rotatable bonds is 4. The van der Waals surface area contributed by atoms with Crippen LogP contribution in [-0.4, -0.2) is 11.7 Å². The number of halogens is 1. The normalized spacial score (nSPS) is 10.2. The molecule has 2 nitrogen and oxygen atoms in total. The Kier molecular flexibility index (Phi) is 5.27. The van der Waals surface area contributed by atoms with E-state index >= 15 is 0 Å². The number of carbonyl (C=O) groups is 1. The summed E-state index contributed by atoms with van der Waals surface area (Å²) in [6.45, 7) is 2.06. The van der Waals surface area contributed by atoms with Crippen molar-refractivity contribution in [2.24, 2.45) is 0 Å². The zero-order valence-corrected chi connectivity index (χ0v) is 13.5. The first-order valence-electron chi connectivity index (χ1n) is 5.89. The van der Waals surface area contributed by atoms with Crippen molar-refractivity contribution >= 4 is 45.9 Å². The van der Waals surface area contributed by atoms with E-state index < -0.39 is 0 Å². The van der Waals surface area contributed by atoms with Gasteiger partial charge in [-0.25, -0.2) is 0 Å². The summed E-state index contributed by atoms with van der Waals surface area (Å²) in [5.41, 5.74) is 2.05. The Hall–Kier alpha value is -1.01. The van der Waals surface area contributed by atoms with Crippen molar-refractivity contribution in [3.63, 3.8) is 0 Å². The SMILES string of the molecule is Cc1ccccc1SCC(=O)Nc1cccc(I)c1. The first-order chi connectivity index (χ1) is 9.15. The highest BCUT2D eigenvalue weighted by molar-refractivity contribution is 14.1. The number of nitrogens with one attached hydrogen (secondary N) is 1. The van der Waals surface area contributed by atoms with E-state index in [1.165, 1.54) is 5.56 Å². The number of thioether (sulfide) groups is 1. The van der Waals surface area contributed by atoms with Crippen LogP contribution in [0, 0.1) is 10.5 Å². The van der Waals surface area contributed by atoms with Gasteiger partial charge in [0.15, 0.2) is 0 Å². The number of benzene rings is 2. The fourth-order valence-corrected chi connectivity index (χ4v) is 3.00. The van der Waals surface area contributed by atoms with E-state index in [1.807, 2.05) is 42.5 Å². The minimum Gasteiger partial charge on any atom is -0.325 e. The summed E-state index contributed by atoms with van der Waals surface area (Å²) in [4.78, 5) is 13.0. The molecule has 2 aromatic rings. The molecule has 19 heavy (non-hydrogen) atoms. The molecule has 0 heterocycles. The van der Waals surface area contributed by atoms with Crippen LogP contribution >= 0.6 is 34.4 Å². The Balaban J connectivity index is 1.90. The lowest BCUT2D eigenvalue weighted by Crippen LogP contribution is -2.14. The molecule has 0 bridgehead atoms. The predicted octanol–water partition coefficient (Wildman–Crippen LogP) is 4.33. The lowest BCUT2D eigenvalue weighted by Gasteiger charge is -2.07. The van der Waals surface area contributed by atoms with Crippen molar-refractivity contribution in [2.45, 2.75) is 11.8 Å². The number of amides is 1. The molecule has 2 aromatic carbocycles. The van der Waals surface area contributed by atoms with Crippen molar-refractivity contribution in [3.8, 4) is 0 Å². The quantitative estimate of drug-likeness (QED) is 0.629. The topological polar surface area (TPSA) is 29.1 Å². The molecule has 0 aliphatic heterocycles. The minimum atomic E-state index is 0.0234. The number of aryl methyl sites for hydroxylation is 1. The molecule has 0 saturated heterocycles. The van der Waals surface area contributed by atoms with Crippen LogP contribution in [0.1, 0.15) is 5.56 Å². The van der Waals surface area contributed by atoms with Crippen LogP contribution in [0.25, 0.3) is 0 Å². The van der Waals surface area contributed by atoms with Gasteiger partial charge in [0.25, 0.3) is 0 Å². The van der Waals surface area contributed by atoms with Gasteiger partial charge in [0, 0.05) is 14.2 Å². The van der Waals surface area contributed by atoms with Gasteiger partial charge in [0.1, 0.15) is 0 Å². The second-order valence-corrected chi connectivity index (χ2v) is 6.38. The smallest absolute Gasteiger partial charge is 0.234 e. The van der Waals surface area contributed by atoms with Gasteiger partial charge in [-0.3, -0.25) is 4.79 Å². The summed E-state index contributed by atoms with van der Waals surface area (Å²) in [6, 6.07) is 15.9. The fourth-order valence-electron chi connectivity index (χ4n) is 1.62. The van der Waals surface area contributed by atoms with Gasteiger partial charge < -0.3 is 5.32 Å². The van der Waals surface area contributed by atoms with Gasteiger partial charge in [-0.2, -0.15) is 0 Å². The Morgan fingerprint density at radius 3 is 2.74 bits per heavy atom. The van der Waals surface area contributed by atoms with E-state index in [-0.39, 0.29) is 5.91 Å². The maximum atomic E-state index is 11.9. The summed E-state index contributed by atoms with van der Waals surface area (Å²) in [6.07, 6.45) is 0. The molecule has 0 aliphatic carbocycles. The maximum Gasteiger partial charge on any atom is 0.234 e. The van der Waals surface area contributed by atoms with Gasteiger partial charge in [-0.15, -0.1) is 11.8 Å². The largest absolute Gasteiger partial charge is 0.325 e. The van der Waals surface area contributed by atoms with Crippen LogP contribution in [-0.2, 0) is 4.79 Å². The summed E-state index contributed by atoms with van der Waals surface area (Å²) in [5.74, 6) is 0.450. The lowest BCUT2D eigenvalue weighted by molar-refractivity contribution is -0.113. The van der Waals surface area contributed by atoms with E-state index in [0.29, 0.717) is 5.75 Å². The molecule has 0 fully saturated rings.